The summed E-state index contributed by atoms with van der Waals surface area (Å²) >= 11 is 15.8. The van der Waals surface area contributed by atoms with E-state index in [2.05, 4.69) is 22.0 Å². The molecule has 3 aromatic rings. The van der Waals surface area contributed by atoms with Crippen LogP contribution in [0, 0.1) is 11.3 Å². The number of esters is 1. The van der Waals surface area contributed by atoms with Gasteiger partial charge in [0.1, 0.15) is 28.9 Å². The maximum Gasteiger partial charge on any atom is 0.349 e. The molecule has 6 nitrogen and oxygen atoms in total. The number of carbonyl (C=O) groups excluding carboxylic acids is 1. The van der Waals surface area contributed by atoms with E-state index in [9.17, 15) is 10.1 Å². The average molecular weight is 546 g/mol. The second-order valence-corrected chi connectivity index (χ2v) is 8.77. The van der Waals surface area contributed by atoms with E-state index in [0.29, 0.717) is 32.7 Å². The Kier molecular flexibility index (Phi) is 6.80. The van der Waals surface area contributed by atoms with Crippen molar-refractivity contribution in [1.82, 2.24) is 0 Å². The van der Waals surface area contributed by atoms with Crippen LogP contribution in [0.3, 0.4) is 0 Å². The van der Waals surface area contributed by atoms with Crippen LogP contribution >= 0.6 is 39.1 Å². The van der Waals surface area contributed by atoms with Crippen LogP contribution in [0.25, 0.3) is 0 Å². The molecule has 0 bridgehead atoms. The fourth-order valence-electron chi connectivity index (χ4n) is 3.39. The van der Waals surface area contributed by atoms with Gasteiger partial charge < -0.3 is 19.9 Å². The second kappa shape index (κ2) is 9.75. The van der Waals surface area contributed by atoms with E-state index in [-0.39, 0.29) is 23.8 Å². The summed E-state index contributed by atoms with van der Waals surface area (Å²) in [6.07, 6.45) is 0. The number of nitrogens with two attached hydrogens (primary N) is 1. The van der Waals surface area contributed by atoms with Crippen molar-refractivity contribution in [3.8, 4) is 23.3 Å². The van der Waals surface area contributed by atoms with Crippen molar-refractivity contribution in [1.29, 1.82) is 5.26 Å². The van der Waals surface area contributed by atoms with Crippen LogP contribution in [-0.4, -0.2) is 12.6 Å². The van der Waals surface area contributed by atoms with E-state index < -0.39 is 11.9 Å². The van der Waals surface area contributed by atoms with Crippen LogP contribution < -0.4 is 19.9 Å². The number of nitrogens with zero attached hydrogens (tertiary/aromatic N) is 1. The minimum absolute atomic E-state index is 0.0527. The Morgan fingerprint density at radius 3 is 2.45 bits per heavy atom. The molecule has 1 unspecified atom stereocenters. The van der Waals surface area contributed by atoms with Gasteiger partial charge in [0.25, 0.3) is 0 Å². The number of hydrogen-bond acceptors (Lipinski definition) is 6. The SMILES string of the molecule is N#CC1=C(N)Oc2cc(OC(=O)COc3ccc(Br)cc3)ccc2C1c1ccc(Cl)cc1Cl. The van der Waals surface area contributed by atoms with Crippen molar-refractivity contribution in [2.24, 2.45) is 5.73 Å². The predicted octanol–water partition coefficient (Wildman–Crippen LogP) is 5.96. The van der Waals surface area contributed by atoms with Crippen molar-refractivity contribution in [2.75, 3.05) is 6.61 Å². The summed E-state index contributed by atoms with van der Waals surface area (Å²) in [7, 11) is 0. The second-order valence-electron chi connectivity index (χ2n) is 7.01. The van der Waals surface area contributed by atoms with Gasteiger partial charge in [-0.2, -0.15) is 5.26 Å². The number of hydrogen-bond donors (Lipinski definition) is 1. The zero-order valence-electron chi connectivity index (χ0n) is 16.8. The largest absolute Gasteiger partial charge is 0.482 e. The Balaban J connectivity index is 1.56. The molecule has 1 aliphatic heterocycles. The van der Waals surface area contributed by atoms with Crippen LogP contribution in [-0.2, 0) is 4.79 Å². The first-order valence-corrected chi connectivity index (χ1v) is 11.2. The Bertz CT molecular complexity index is 1300. The number of halogens is 3. The molecule has 1 atom stereocenters. The highest BCUT2D eigenvalue weighted by Crippen LogP contribution is 2.45. The minimum Gasteiger partial charge on any atom is -0.482 e. The van der Waals surface area contributed by atoms with Gasteiger partial charge in [0, 0.05) is 26.1 Å². The Hall–Kier alpha value is -3.18. The van der Waals surface area contributed by atoms with Gasteiger partial charge >= 0.3 is 5.97 Å². The molecule has 9 heteroatoms. The van der Waals surface area contributed by atoms with Crippen molar-refractivity contribution in [2.45, 2.75) is 5.92 Å². The molecule has 4 rings (SSSR count). The molecule has 0 radical (unpaired) electrons. The summed E-state index contributed by atoms with van der Waals surface area (Å²) in [6.45, 7) is -0.275. The third-order valence-electron chi connectivity index (χ3n) is 4.87. The molecular formula is C24H15BrCl2N2O4. The summed E-state index contributed by atoms with van der Waals surface area (Å²) in [5.74, 6) is -0.0770. The van der Waals surface area contributed by atoms with E-state index in [4.69, 9.17) is 43.1 Å². The summed E-state index contributed by atoms with van der Waals surface area (Å²) in [4.78, 5) is 12.2. The van der Waals surface area contributed by atoms with E-state index in [0.717, 1.165) is 4.47 Å². The molecule has 0 aromatic heterocycles. The van der Waals surface area contributed by atoms with E-state index in [1.165, 1.54) is 6.07 Å². The van der Waals surface area contributed by atoms with Gasteiger partial charge in [-0.25, -0.2) is 4.79 Å². The molecular weight excluding hydrogens is 531 g/mol. The first-order valence-electron chi connectivity index (χ1n) is 9.61. The number of ether oxygens (including phenoxy) is 3. The molecule has 1 heterocycles. The fraction of sp³-hybridized carbons (Fsp3) is 0.0833. The molecule has 2 N–H and O–H groups in total. The molecule has 1 aliphatic rings. The van der Waals surface area contributed by atoms with Gasteiger partial charge in [-0.05, 0) is 48.0 Å². The first kappa shape index (κ1) is 23.0. The Morgan fingerprint density at radius 2 is 1.76 bits per heavy atom. The lowest BCUT2D eigenvalue weighted by Gasteiger charge is -2.27. The maximum atomic E-state index is 12.2. The number of rotatable bonds is 5. The average Bonchev–Trinajstić information content (AvgIpc) is 2.78. The fourth-order valence-corrected chi connectivity index (χ4v) is 4.17. The van der Waals surface area contributed by atoms with Crippen LogP contribution in [0.2, 0.25) is 10.0 Å². The topological polar surface area (TPSA) is 94.6 Å². The third-order valence-corrected chi connectivity index (χ3v) is 5.96. The van der Waals surface area contributed by atoms with Gasteiger partial charge in [0.2, 0.25) is 5.88 Å². The number of fused-ring (bicyclic) bond motifs is 1. The molecule has 33 heavy (non-hydrogen) atoms. The van der Waals surface area contributed by atoms with Gasteiger partial charge in [0.05, 0.1) is 5.92 Å². The van der Waals surface area contributed by atoms with Crippen molar-refractivity contribution in [3.05, 3.63) is 97.8 Å². The molecule has 0 saturated heterocycles. The van der Waals surface area contributed by atoms with Crippen LogP contribution in [0.15, 0.2) is 76.6 Å². The van der Waals surface area contributed by atoms with Crippen molar-refractivity contribution >= 4 is 45.1 Å². The molecule has 166 valence electrons. The highest BCUT2D eigenvalue weighted by atomic mass is 79.9. The molecule has 3 aromatic carbocycles. The smallest absolute Gasteiger partial charge is 0.349 e. The summed E-state index contributed by atoms with van der Waals surface area (Å²) < 4.78 is 17.4. The van der Waals surface area contributed by atoms with Crippen LogP contribution in [0.1, 0.15) is 17.0 Å². The van der Waals surface area contributed by atoms with E-state index in [1.807, 2.05) is 0 Å². The lowest BCUT2D eigenvalue weighted by atomic mass is 9.83. The summed E-state index contributed by atoms with van der Waals surface area (Å²) in [5, 5.41) is 10.5. The monoisotopic (exact) mass is 544 g/mol. The maximum absolute atomic E-state index is 12.2. The van der Waals surface area contributed by atoms with Crippen LogP contribution in [0.4, 0.5) is 0 Å². The Labute approximate surface area is 208 Å². The van der Waals surface area contributed by atoms with Gasteiger partial charge in [0.15, 0.2) is 6.61 Å². The minimum atomic E-state index is -0.591. The quantitative estimate of drug-likeness (QED) is 0.314. The summed E-state index contributed by atoms with van der Waals surface area (Å²) in [6, 6.07) is 19.0. The molecule has 0 aliphatic carbocycles. The molecule has 0 fully saturated rings. The first-order chi connectivity index (χ1) is 15.9. The number of benzene rings is 3. The number of allylic oxidation sites excluding steroid dienone is 1. The highest BCUT2D eigenvalue weighted by Gasteiger charge is 2.32. The standard InChI is InChI=1S/C24H15BrCl2N2O4/c25-13-1-4-15(5-2-13)31-12-22(30)32-16-6-8-18-21(10-16)33-24(29)19(11-28)23(18)17-7-3-14(26)9-20(17)27/h1-10,23H,12,29H2. The van der Waals surface area contributed by atoms with Crippen molar-refractivity contribution in [3.63, 3.8) is 0 Å². The molecule has 0 spiro atoms. The van der Waals surface area contributed by atoms with Gasteiger partial charge in [-0.15, -0.1) is 0 Å². The van der Waals surface area contributed by atoms with Gasteiger partial charge in [-0.3, -0.25) is 0 Å². The molecule has 0 saturated carbocycles. The van der Waals surface area contributed by atoms with E-state index >= 15 is 0 Å². The zero-order valence-corrected chi connectivity index (χ0v) is 19.9. The summed E-state index contributed by atoms with van der Waals surface area (Å²) in [5.41, 5.74) is 7.54. The predicted molar refractivity (Wildman–Crippen MR) is 127 cm³/mol. The Morgan fingerprint density at radius 1 is 1.06 bits per heavy atom. The van der Waals surface area contributed by atoms with Gasteiger partial charge in [-0.1, -0.05) is 51.3 Å². The molecule has 0 amide bonds. The highest BCUT2D eigenvalue weighted by molar-refractivity contribution is 9.10. The number of nitriles is 1. The normalized spacial score (nSPS) is 14.7. The van der Waals surface area contributed by atoms with Crippen LogP contribution in [0.5, 0.6) is 17.2 Å². The number of carbonyl (C=O) groups is 1. The lowest BCUT2D eigenvalue weighted by molar-refractivity contribution is -0.136. The van der Waals surface area contributed by atoms with E-state index in [1.54, 1.807) is 54.6 Å². The lowest BCUT2D eigenvalue weighted by Crippen LogP contribution is -2.22. The van der Waals surface area contributed by atoms with Crippen molar-refractivity contribution < 1.29 is 19.0 Å². The zero-order chi connectivity index (χ0) is 23.5. The third kappa shape index (κ3) is 5.09.